The maximum atomic E-state index is 12.7. The lowest BCUT2D eigenvalue weighted by Crippen LogP contribution is -2.38. The Balaban J connectivity index is 1.32. The summed E-state index contributed by atoms with van der Waals surface area (Å²) < 4.78 is 33.5. The van der Waals surface area contributed by atoms with Crippen molar-refractivity contribution in [1.82, 2.24) is 9.91 Å². The average Bonchev–Trinajstić information content (AvgIpc) is 2.92. The monoisotopic (exact) mass is 532 g/mol. The van der Waals surface area contributed by atoms with Gasteiger partial charge in [-0.3, -0.25) is 15.0 Å². The maximum absolute atomic E-state index is 12.7. The molecule has 2 aromatic carbocycles. The number of carbonyl (C=O) groups excluding carboxylic acids is 2. The number of benzene rings is 2. The largest absolute Gasteiger partial charge is 0.493 e. The summed E-state index contributed by atoms with van der Waals surface area (Å²) >= 11 is 1.13. The second kappa shape index (κ2) is 13.3. The third kappa shape index (κ3) is 7.57. The van der Waals surface area contributed by atoms with Crippen LogP contribution in [0.15, 0.2) is 47.6 Å². The fourth-order valence-electron chi connectivity index (χ4n) is 3.80. The van der Waals surface area contributed by atoms with E-state index in [2.05, 4.69) is 15.3 Å². The fraction of sp³-hybridized carbons (Fsp3) is 0.400. The number of nitrogens with one attached hydrogen (secondary N) is 1. The molecular weight excluding hydrogens is 503 g/mol. The first-order valence-electron chi connectivity index (χ1n) is 11.8. The molecule has 10 nitrogen and oxygen atoms in total. The number of methoxy groups -OCH3 is 1. The molecule has 0 bridgehead atoms. The first-order valence-corrected chi connectivity index (χ1v) is 12.8. The summed E-state index contributed by atoms with van der Waals surface area (Å²) in [4.78, 5) is 26.7. The quantitative estimate of drug-likeness (QED) is 0.491. The first-order chi connectivity index (χ1) is 18.1. The summed E-state index contributed by atoms with van der Waals surface area (Å²) in [6.07, 6.45) is -0.520. The van der Waals surface area contributed by atoms with Crippen LogP contribution in [0, 0.1) is 0 Å². The molecule has 0 spiro atoms. The van der Waals surface area contributed by atoms with Crippen molar-refractivity contribution in [2.24, 2.45) is 5.10 Å². The third-order valence-electron chi connectivity index (χ3n) is 5.77. The van der Waals surface area contributed by atoms with E-state index in [1.165, 1.54) is 12.1 Å². The normalized spacial score (nSPS) is 16.2. The molecule has 2 aliphatic heterocycles. The summed E-state index contributed by atoms with van der Waals surface area (Å²) in [6, 6.07) is 12.2. The van der Waals surface area contributed by atoms with Crippen molar-refractivity contribution in [3.63, 3.8) is 0 Å². The molecule has 0 saturated carbocycles. The van der Waals surface area contributed by atoms with E-state index in [0.29, 0.717) is 54.8 Å². The van der Waals surface area contributed by atoms with Gasteiger partial charge in [-0.2, -0.15) is 5.10 Å². The van der Waals surface area contributed by atoms with Crippen LogP contribution in [0.1, 0.15) is 11.1 Å². The Morgan fingerprint density at radius 3 is 2.68 bits per heavy atom. The Kier molecular flexibility index (Phi) is 9.58. The van der Waals surface area contributed by atoms with Crippen molar-refractivity contribution in [3.8, 4) is 11.5 Å². The number of hydrogen-bond donors (Lipinski definition) is 1. The smallest absolute Gasteiger partial charge is 0.411 e. The van der Waals surface area contributed by atoms with E-state index in [0.717, 1.165) is 30.4 Å². The van der Waals surface area contributed by atoms with Crippen LogP contribution in [0.5, 0.6) is 11.5 Å². The van der Waals surface area contributed by atoms with Crippen LogP contribution in [0.2, 0.25) is 0 Å². The molecule has 0 radical (unpaired) electrons. The summed E-state index contributed by atoms with van der Waals surface area (Å²) in [5.41, 5.74) is 2.79. The predicted octanol–water partition coefficient (Wildman–Crippen LogP) is 3.95. The summed E-state index contributed by atoms with van der Waals surface area (Å²) in [7, 11) is 1.48. The maximum Gasteiger partial charge on any atom is 0.411 e. The molecule has 0 atom stereocenters. The summed E-state index contributed by atoms with van der Waals surface area (Å²) in [6.45, 7) is 3.31. The van der Waals surface area contributed by atoms with Crippen molar-refractivity contribution in [1.29, 1.82) is 0 Å². The molecule has 2 aromatic rings. The van der Waals surface area contributed by atoms with Gasteiger partial charge in [0.1, 0.15) is 6.61 Å². The lowest BCUT2D eigenvalue weighted by molar-refractivity contribution is 0.0290. The highest BCUT2D eigenvalue weighted by atomic mass is 32.2. The number of amides is 2. The number of nitrogens with zero attached hydrogens (tertiary/aromatic N) is 3. The van der Waals surface area contributed by atoms with Gasteiger partial charge < -0.3 is 18.9 Å². The van der Waals surface area contributed by atoms with Gasteiger partial charge in [0, 0.05) is 36.6 Å². The molecule has 12 heteroatoms. The van der Waals surface area contributed by atoms with Crippen LogP contribution in [-0.2, 0) is 16.0 Å². The third-order valence-corrected chi connectivity index (χ3v) is 6.64. The van der Waals surface area contributed by atoms with Crippen LogP contribution < -0.4 is 14.8 Å². The minimum absolute atomic E-state index is 0.177. The zero-order valence-corrected chi connectivity index (χ0v) is 21.3. The Labute approximate surface area is 218 Å². The van der Waals surface area contributed by atoms with Gasteiger partial charge in [-0.05, 0) is 35.9 Å². The van der Waals surface area contributed by atoms with Crippen LogP contribution in [0.3, 0.4) is 0 Å². The van der Waals surface area contributed by atoms with E-state index in [4.69, 9.17) is 18.9 Å². The number of alkyl halides is 1. The topological polar surface area (TPSA) is 102 Å². The zero-order valence-electron chi connectivity index (χ0n) is 20.5. The van der Waals surface area contributed by atoms with Gasteiger partial charge in [0.15, 0.2) is 11.5 Å². The van der Waals surface area contributed by atoms with Crippen molar-refractivity contribution < 1.29 is 32.9 Å². The van der Waals surface area contributed by atoms with E-state index >= 15 is 0 Å². The number of morpholine rings is 1. The molecule has 1 N–H and O–H groups in total. The van der Waals surface area contributed by atoms with E-state index in [9.17, 15) is 14.0 Å². The second-order valence-electron chi connectivity index (χ2n) is 8.19. The van der Waals surface area contributed by atoms with Gasteiger partial charge in [0.05, 0.1) is 32.6 Å². The van der Waals surface area contributed by atoms with Gasteiger partial charge in [-0.1, -0.05) is 23.9 Å². The van der Waals surface area contributed by atoms with Gasteiger partial charge in [-0.15, -0.1) is 0 Å². The van der Waals surface area contributed by atoms with Crippen molar-refractivity contribution in [3.05, 3.63) is 53.6 Å². The minimum Gasteiger partial charge on any atom is -0.493 e. The summed E-state index contributed by atoms with van der Waals surface area (Å²) in [5, 5.41) is 8.43. The van der Waals surface area contributed by atoms with Gasteiger partial charge in [-0.25, -0.2) is 14.2 Å². The minimum atomic E-state index is -0.983. The molecule has 0 aliphatic carbocycles. The summed E-state index contributed by atoms with van der Waals surface area (Å²) in [5.74, 6) is 1.06. The first kappa shape index (κ1) is 26.7. The van der Waals surface area contributed by atoms with Gasteiger partial charge in [0.25, 0.3) is 0 Å². The SMILES string of the molecule is COc1ccc(C2=NN(Cc3ccc(NC(=O)OCCN4CCOCC4)cc3)C(=O)SC2)cc1OCF. The molecule has 1 saturated heterocycles. The molecule has 2 aliphatic rings. The molecule has 37 heavy (non-hydrogen) atoms. The standard InChI is InChI=1S/C25H29FN4O6S/c1-33-22-7-4-19(14-23(22)36-17-26)21-16-37-25(32)30(28-21)15-18-2-5-20(6-3-18)27-24(31)35-13-10-29-8-11-34-12-9-29/h2-7,14H,8-13,15-17H2,1H3,(H,27,31). The number of rotatable bonds is 10. The predicted molar refractivity (Wildman–Crippen MR) is 138 cm³/mol. The highest BCUT2D eigenvalue weighted by Gasteiger charge is 2.23. The molecule has 1 fully saturated rings. The van der Waals surface area contributed by atoms with Crippen LogP contribution in [0.25, 0.3) is 0 Å². The molecule has 4 rings (SSSR count). The van der Waals surface area contributed by atoms with Gasteiger partial charge in [0.2, 0.25) is 6.86 Å². The molecule has 0 unspecified atom stereocenters. The Bertz CT molecular complexity index is 1110. The average molecular weight is 533 g/mol. The van der Waals surface area contributed by atoms with Crippen molar-refractivity contribution in [2.75, 3.05) is 64.5 Å². The van der Waals surface area contributed by atoms with Crippen LogP contribution >= 0.6 is 11.8 Å². The molecule has 198 valence electrons. The molecule has 2 heterocycles. The lowest BCUT2D eigenvalue weighted by Gasteiger charge is -2.26. The van der Waals surface area contributed by atoms with Crippen molar-refractivity contribution in [2.45, 2.75) is 6.54 Å². The Hall–Kier alpha value is -3.35. The fourth-order valence-corrected chi connectivity index (χ4v) is 4.54. The number of hydrazone groups is 1. The van der Waals surface area contributed by atoms with E-state index < -0.39 is 13.0 Å². The second-order valence-corrected chi connectivity index (χ2v) is 9.12. The number of ether oxygens (including phenoxy) is 4. The molecular formula is C25H29FN4O6S. The van der Waals surface area contributed by atoms with E-state index in [1.807, 2.05) is 12.1 Å². The highest BCUT2D eigenvalue weighted by molar-refractivity contribution is 8.14. The highest BCUT2D eigenvalue weighted by Crippen LogP contribution is 2.30. The number of carbonyl (C=O) groups is 2. The van der Waals surface area contributed by atoms with E-state index in [1.54, 1.807) is 30.3 Å². The zero-order chi connectivity index (χ0) is 26.0. The lowest BCUT2D eigenvalue weighted by atomic mass is 10.1. The number of anilines is 1. The molecule has 0 aromatic heterocycles. The Morgan fingerprint density at radius 1 is 1.16 bits per heavy atom. The van der Waals surface area contributed by atoms with E-state index in [-0.39, 0.29) is 17.5 Å². The van der Waals surface area contributed by atoms with Crippen molar-refractivity contribution >= 4 is 34.5 Å². The molecule has 2 amide bonds. The number of hydrogen-bond acceptors (Lipinski definition) is 9. The van der Waals surface area contributed by atoms with Gasteiger partial charge >= 0.3 is 11.3 Å². The number of halogens is 1. The van der Waals surface area contributed by atoms with Crippen LogP contribution in [0.4, 0.5) is 19.7 Å². The number of thioether (sulfide) groups is 1. The Morgan fingerprint density at radius 2 is 1.95 bits per heavy atom. The van der Waals surface area contributed by atoms with Crippen LogP contribution in [-0.4, -0.2) is 86.1 Å².